The maximum atomic E-state index is 12.8. The molecular formula is C27H26N6O4S. The number of nitrogens with zero attached hydrogens (tertiary/aromatic N) is 3. The summed E-state index contributed by atoms with van der Waals surface area (Å²) in [4.78, 5) is 22.7. The number of nitrogens with one attached hydrogen (secondary N) is 3. The molecule has 0 unspecified atom stereocenters. The average molecular weight is 531 g/mol. The lowest BCUT2D eigenvalue weighted by Gasteiger charge is -2.27. The summed E-state index contributed by atoms with van der Waals surface area (Å²) >= 11 is 0. The molecule has 6 rings (SSSR count). The van der Waals surface area contributed by atoms with Crippen LogP contribution in [0.4, 0.5) is 11.5 Å². The highest BCUT2D eigenvalue weighted by molar-refractivity contribution is 7.90. The van der Waals surface area contributed by atoms with E-state index in [1.54, 1.807) is 30.6 Å². The number of ether oxygens (including phenoxy) is 1. The standard InChI is InChI=1S/C27H26N6O4S/c1-38(35,36)24-13-17(2-3-20(24)16-33-8-10-37-11-9-33)22-12-18-6-7-28-27(34)25(18)26(31-22)30-21-5-4-19-15-29-32-23(19)14-21/h2-7,12-15H,8-11,16H2,1H3,(H,28,34)(H,29,32)(H,30,31). The van der Waals surface area contributed by atoms with E-state index in [9.17, 15) is 13.2 Å². The minimum atomic E-state index is -3.50. The zero-order chi connectivity index (χ0) is 26.3. The molecule has 3 N–H and O–H groups in total. The molecule has 1 aliphatic rings. The van der Waals surface area contributed by atoms with Crippen molar-refractivity contribution in [1.82, 2.24) is 25.1 Å². The molecule has 1 saturated heterocycles. The summed E-state index contributed by atoms with van der Waals surface area (Å²) in [6, 6.07) is 14.7. The van der Waals surface area contributed by atoms with Gasteiger partial charge in [0.15, 0.2) is 9.84 Å². The number of aromatic amines is 2. The molecule has 1 aliphatic heterocycles. The fourth-order valence-corrected chi connectivity index (χ4v) is 5.74. The first kappa shape index (κ1) is 24.3. The highest BCUT2D eigenvalue weighted by atomic mass is 32.2. The molecule has 2 aromatic carbocycles. The normalized spacial score (nSPS) is 14.8. The Labute approximate surface area is 218 Å². The largest absolute Gasteiger partial charge is 0.379 e. The van der Waals surface area contributed by atoms with Crippen LogP contribution in [0.5, 0.6) is 0 Å². The van der Waals surface area contributed by atoms with Gasteiger partial charge in [-0.2, -0.15) is 5.10 Å². The second kappa shape index (κ2) is 9.67. The second-order valence-electron chi connectivity index (χ2n) is 9.41. The Kier molecular flexibility index (Phi) is 6.18. The van der Waals surface area contributed by atoms with E-state index in [1.807, 2.05) is 30.3 Å². The number of sulfone groups is 1. The Morgan fingerprint density at radius 2 is 1.89 bits per heavy atom. The maximum absolute atomic E-state index is 12.8. The van der Waals surface area contributed by atoms with E-state index >= 15 is 0 Å². The number of fused-ring (bicyclic) bond motifs is 2. The number of pyridine rings is 2. The molecule has 10 nitrogen and oxygen atoms in total. The first-order chi connectivity index (χ1) is 18.3. The van der Waals surface area contributed by atoms with Gasteiger partial charge >= 0.3 is 0 Å². The third kappa shape index (κ3) is 4.78. The number of H-pyrrole nitrogens is 2. The van der Waals surface area contributed by atoms with Gasteiger partial charge < -0.3 is 15.0 Å². The molecule has 3 aromatic heterocycles. The summed E-state index contributed by atoms with van der Waals surface area (Å²) in [7, 11) is -3.50. The van der Waals surface area contributed by atoms with Crippen molar-refractivity contribution < 1.29 is 13.2 Å². The van der Waals surface area contributed by atoms with E-state index in [0.717, 1.165) is 35.2 Å². The van der Waals surface area contributed by atoms with Crippen LogP contribution in [-0.2, 0) is 21.1 Å². The molecule has 0 atom stereocenters. The summed E-state index contributed by atoms with van der Waals surface area (Å²) in [5.74, 6) is 0.372. The number of benzene rings is 2. The lowest BCUT2D eigenvalue weighted by Crippen LogP contribution is -2.36. The van der Waals surface area contributed by atoms with Crippen LogP contribution in [0, 0.1) is 0 Å². The lowest BCUT2D eigenvalue weighted by atomic mass is 10.1. The van der Waals surface area contributed by atoms with E-state index in [4.69, 9.17) is 9.72 Å². The van der Waals surface area contributed by atoms with Crippen molar-refractivity contribution in [2.24, 2.45) is 0 Å². The minimum absolute atomic E-state index is 0.272. The van der Waals surface area contributed by atoms with Gasteiger partial charge in [0.25, 0.3) is 5.56 Å². The Hall–Kier alpha value is -4.06. The molecule has 0 bridgehead atoms. The third-order valence-electron chi connectivity index (χ3n) is 6.72. The zero-order valence-electron chi connectivity index (χ0n) is 20.7. The van der Waals surface area contributed by atoms with Gasteiger partial charge in [-0.05, 0) is 47.3 Å². The molecule has 0 spiro atoms. The van der Waals surface area contributed by atoms with Crippen molar-refractivity contribution in [3.8, 4) is 11.3 Å². The molecular weight excluding hydrogens is 504 g/mol. The Morgan fingerprint density at radius 3 is 2.71 bits per heavy atom. The molecule has 4 heterocycles. The highest BCUT2D eigenvalue weighted by Crippen LogP contribution is 2.31. The van der Waals surface area contributed by atoms with Crippen molar-refractivity contribution in [2.45, 2.75) is 11.4 Å². The smallest absolute Gasteiger partial charge is 0.259 e. The van der Waals surface area contributed by atoms with Gasteiger partial charge in [-0.1, -0.05) is 12.1 Å². The van der Waals surface area contributed by atoms with Crippen molar-refractivity contribution in [2.75, 3.05) is 37.9 Å². The molecule has 0 radical (unpaired) electrons. The van der Waals surface area contributed by atoms with Crippen molar-refractivity contribution in [3.05, 3.63) is 76.8 Å². The minimum Gasteiger partial charge on any atom is -0.379 e. The van der Waals surface area contributed by atoms with E-state index in [2.05, 4.69) is 25.4 Å². The Morgan fingerprint density at radius 1 is 1.05 bits per heavy atom. The van der Waals surface area contributed by atoms with Gasteiger partial charge in [0.2, 0.25) is 0 Å². The molecule has 0 aliphatic carbocycles. The van der Waals surface area contributed by atoms with E-state index < -0.39 is 9.84 Å². The van der Waals surface area contributed by atoms with Crippen molar-refractivity contribution in [1.29, 1.82) is 0 Å². The average Bonchev–Trinajstić information content (AvgIpc) is 3.37. The zero-order valence-corrected chi connectivity index (χ0v) is 21.5. The highest BCUT2D eigenvalue weighted by Gasteiger charge is 2.20. The van der Waals surface area contributed by atoms with Crippen LogP contribution in [0.3, 0.4) is 0 Å². The molecule has 5 aromatic rings. The van der Waals surface area contributed by atoms with Gasteiger partial charge in [-0.3, -0.25) is 14.8 Å². The molecule has 194 valence electrons. The number of aromatic nitrogens is 4. The fourth-order valence-electron chi connectivity index (χ4n) is 4.79. The van der Waals surface area contributed by atoms with Crippen LogP contribution >= 0.6 is 0 Å². The maximum Gasteiger partial charge on any atom is 0.259 e. The van der Waals surface area contributed by atoms with Gasteiger partial charge in [0.1, 0.15) is 5.82 Å². The number of anilines is 2. The topological polar surface area (TPSA) is 133 Å². The van der Waals surface area contributed by atoms with Crippen LogP contribution < -0.4 is 10.9 Å². The Bertz CT molecular complexity index is 1820. The summed E-state index contributed by atoms with van der Waals surface area (Å²) in [5, 5.41) is 12.3. The van der Waals surface area contributed by atoms with Gasteiger partial charge in [0, 0.05) is 48.7 Å². The summed E-state index contributed by atoms with van der Waals surface area (Å²) < 4.78 is 31.0. The van der Waals surface area contributed by atoms with Gasteiger partial charge in [0.05, 0.1) is 40.9 Å². The van der Waals surface area contributed by atoms with Crippen LogP contribution in [0.1, 0.15) is 5.56 Å². The van der Waals surface area contributed by atoms with Crippen molar-refractivity contribution >= 4 is 43.0 Å². The van der Waals surface area contributed by atoms with Crippen LogP contribution in [0.2, 0.25) is 0 Å². The molecule has 1 fully saturated rings. The van der Waals surface area contributed by atoms with E-state index in [1.165, 1.54) is 6.26 Å². The summed E-state index contributed by atoms with van der Waals surface area (Å²) in [6.45, 7) is 3.30. The first-order valence-corrected chi connectivity index (χ1v) is 14.1. The Balaban J connectivity index is 1.44. The third-order valence-corrected chi connectivity index (χ3v) is 7.90. The monoisotopic (exact) mass is 530 g/mol. The van der Waals surface area contributed by atoms with Crippen LogP contribution in [0.15, 0.2) is 70.6 Å². The SMILES string of the molecule is CS(=O)(=O)c1cc(-c2cc3cc[nH]c(=O)c3c(Nc3ccc4cn[nH]c4c3)n2)ccc1CN1CCOCC1. The van der Waals surface area contributed by atoms with Gasteiger partial charge in [-0.25, -0.2) is 13.4 Å². The molecule has 38 heavy (non-hydrogen) atoms. The predicted molar refractivity (Wildman–Crippen MR) is 146 cm³/mol. The lowest BCUT2D eigenvalue weighted by molar-refractivity contribution is 0.0338. The quantitative estimate of drug-likeness (QED) is 0.304. The number of hydrogen-bond acceptors (Lipinski definition) is 8. The second-order valence-corrected chi connectivity index (χ2v) is 11.4. The molecule has 11 heteroatoms. The number of hydrogen-bond donors (Lipinski definition) is 3. The van der Waals surface area contributed by atoms with Crippen LogP contribution in [0.25, 0.3) is 32.9 Å². The fraction of sp³-hybridized carbons (Fsp3) is 0.222. The first-order valence-electron chi connectivity index (χ1n) is 12.2. The molecule has 0 amide bonds. The molecule has 0 saturated carbocycles. The number of rotatable bonds is 6. The van der Waals surface area contributed by atoms with E-state index in [0.29, 0.717) is 47.6 Å². The predicted octanol–water partition coefficient (Wildman–Crippen LogP) is 3.45. The summed E-state index contributed by atoms with van der Waals surface area (Å²) in [6.07, 6.45) is 4.54. The summed E-state index contributed by atoms with van der Waals surface area (Å²) in [5.41, 5.74) is 3.24. The van der Waals surface area contributed by atoms with Crippen molar-refractivity contribution in [3.63, 3.8) is 0 Å². The number of morpholine rings is 1. The van der Waals surface area contributed by atoms with E-state index in [-0.39, 0.29) is 10.5 Å². The van der Waals surface area contributed by atoms with Crippen LogP contribution in [-0.4, -0.2) is 66.0 Å². The van der Waals surface area contributed by atoms with Gasteiger partial charge in [-0.15, -0.1) is 0 Å².